The van der Waals surface area contributed by atoms with Crippen LogP contribution in [0.1, 0.15) is 253 Å². The van der Waals surface area contributed by atoms with Crippen molar-refractivity contribution in [2.24, 2.45) is 47.3 Å². The largest absolute Gasteiger partial charge is 0.507 e. The molecule has 0 fully saturated rings. The minimum Gasteiger partial charge on any atom is -0.507 e. The molecule has 8 bridgehead atoms. The fraction of sp³-hybridized carbons (Fsp3) is 0.632. The molecule has 96 heavy (non-hydrogen) atoms. The molecular formula is C76H120N8O12. The van der Waals surface area contributed by atoms with Gasteiger partial charge in [-0.2, -0.15) is 0 Å². The molecule has 0 spiro atoms. The minimum atomic E-state index is -0.961. The maximum atomic E-state index is 13.7. The Balaban J connectivity index is 2.23. The van der Waals surface area contributed by atoms with Crippen LogP contribution in [0.2, 0.25) is 0 Å². The van der Waals surface area contributed by atoms with Gasteiger partial charge in [0.2, 0.25) is 23.6 Å². The van der Waals surface area contributed by atoms with Crippen LogP contribution in [-0.4, -0.2) is 117 Å². The molecule has 1 aliphatic rings. The topological polar surface area (TPSA) is 326 Å². The van der Waals surface area contributed by atoms with Gasteiger partial charge in [0.15, 0.2) is 0 Å². The summed E-state index contributed by atoms with van der Waals surface area (Å²) < 4.78 is 0. The van der Waals surface area contributed by atoms with Gasteiger partial charge in [-0.25, -0.2) is 0 Å². The summed E-state index contributed by atoms with van der Waals surface area (Å²) in [6.45, 7) is 30.9. The molecule has 0 aliphatic heterocycles. The normalized spacial score (nSPS) is 17.0. The van der Waals surface area contributed by atoms with Gasteiger partial charge in [-0.15, -0.1) is 0 Å². The second-order valence-corrected chi connectivity index (χ2v) is 30.4. The maximum absolute atomic E-state index is 13.7. The molecule has 20 nitrogen and oxygen atoms in total. The zero-order valence-corrected chi connectivity index (χ0v) is 61.2. The second kappa shape index (κ2) is 35.5. The molecule has 4 amide bonds. The number of phenols is 8. The summed E-state index contributed by atoms with van der Waals surface area (Å²) in [7, 11) is 6.16. The van der Waals surface area contributed by atoms with E-state index in [1.54, 1.807) is 52.5 Å². The van der Waals surface area contributed by atoms with Crippen LogP contribution in [0.25, 0.3) is 0 Å². The SMILES string of the molecule is CNC(=O)[C@H](CC(C)C)NCc1c(O)c2cc(c1O)C(CC(C)C)c1cc(c(O)c(CN[C@@H](CC(C)C)C(=O)NC)c1O)C(CC(C)C)c1cc(c(O)c(CN[C@@H](CC(C)C)C(=O)NC)c1O)C(CC(C)C)c1cc(c(O)c(CN[C@@H](CC(C)C)C(=O)NC)c1O)C2CC(C)C. The number of likely N-dealkylation sites (N-methyl/N-ethyl adjacent to an activating group) is 4. The number of carbonyl (C=O) groups excluding carboxylic acids is 4. The van der Waals surface area contributed by atoms with Crippen molar-refractivity contribution < 1.29 is 60.0 Å². The van der Waals surface area contributed by atoms with E-state index in [1.807, 2.05) is 111 Å². The maximum Gasteiger partial charge on any atom is 0.236 e. The summed E-state index contributed by atoms with van der Waals surface area (Å²) in [4.78, 5) is 54.8. The highest BCUT2D eigenvalue weighted by Crippen LogP contribution is 2.56. The third kappa shape index (κ3) is 19.6. The monoisotopic (exact) mass is 1340 g/mol. The smallest absolute Gasteiger partial charge is 0.236 e. The highest BCUT2D eigenvalue weighted by atomic mass is 16.3. The van der Waals surface area contributed by atoms with E-state index in [0.717, 1.165) is 0 Å². The number of carbonyl (C=O) groups is 4. The Morgan fingerprint density at radius 1 is 0.281 bits per heavy atom. The molecule has 4 aromatic rings. The molecule has 0 heterocycles. The van der Waals surface area contributed by atoms with E-state index in [1.165, 1.54) is 0 Å². The Labute approximate surface area is 572 Å². The first kappa shape index (κ1) is 79.7. The van der Waals surface area contributed by atoms with Gasteiger partial charge in [-0.05, 0) is 123 Å². The van der Waals surface area contributed by atoms with E-state index in [9.17, 15) is 60.0 Å². The van der Waals surface area contributed by atoms with Crippen LogP contribution in [0.4, 0.5) is 0 Å². The lowest BCUT2D eigenvalue weighted by Gasteiger charge is -2.33. The van der Waals surface area contributed by atoms with E-state index < -0.39 is 47.8 Å². The molecule has 0 aromatic heterocycles. The van der Waals surface area contributed by atoms with Crippen LogP contribution in [0.5, 0.6) is 46.0 Å². The number of fused-ring (bicyclic) bond motifs is 8. The Bertz CT molecular complexity index is 2760. The Kier molecular flexibility index (Phi) is 29.5. The van der Waals surface area contributed by atoms with Crippen molar-refractivity contribution in [2.75, 3.05) is 28.2 Å². The molecule has 5 rings (SSSR count). The van der Waals surface area contributed by atoms with Crippen molar-refractivity contribution in [2.45, 2.75) is 236 Å². The van der Waals surface area contributed by atoms with Crippen molar-refractivity contribution in [3.05, 3.63) is 91.0 Å². The van der Waals surface area contributed by atoms with Crippen LogP contribution in [0.3, 0.4) is 0 Å². The van der Waals surface area contributed by atoms with Gasteiger partial charge in [0.05, 0.1) is 46.4 Å². The quantitative estimate of drug-likeness (QED) is 0.0216. The van der Waals surface area contributed by atoms with Crippen molar-refractivity contribution in [1.82, 2.24) is 42.5 Å². The predicted octanol–water partition coefficient (Wildman–Crippen LogP) is 11.4. The molecule has 0 saturated carbocycles. The van der Waals surface area contributed by atoms with Gasteiger partial charge in [0, 0.05) is 123 Å². The molecular weight excluding hydrogens is 1220 g/mol. The molecule has 536 valence electrons. The predicted molar refractivity (Wildman–Crippen MR) is 381 cm³/mol. The molecule has 0 radical (unpaired) electrons. The number of nitrogens with one attached hydrogen (secondary N) is 8. The standard InChI is InChI=1S/C76H120N8O12/c1-37(2)21-45-49-29-51(67(87)57(65(49)85)33-81-61(25-41(9)10)73(93)77-17)46(22-38(3)4)53-31-55(71(91)59(69(53)89)35-83-63(27-43(13)14)75(95)79-19)48(24-40(7)8)56-32-54(70(90)60(72(56)92)36-84-64(28-44(15)16)76(96)80-20)47(23-39(5)6)52-30-50(45)66(86)58(68(52)88)34-82-62(26-42(11)12)74(94)78-18/h29-32,37-48,61-64,81-92H,21-28,33-36H2,1-20H3,(H,77,93)(H,78,94)(H,79,95)(H,80,96)/t45?,46?,47?,48?,61-,62-,63-,64-/m0/s1. The molecule has 1 aliphatic carbocycles. The summed E-state index contributed by atoms with van der Waals surface area (Å²) in [5, 5.41) is 131. The highest BCUT2D eigenvalue weighted by Gasteiger charge is 2.39. The summed E-state index contributed by atoms with van der Waals surface area (Å²) in [6.07, 6.45) is 2.58. The van der Waals surface area contributed by atoms with Crippen LogP contribution in [0.15, 0.2) is 24.3 Å². The molecule has 0 saturated heterocycles. The van der Waals surface area contributed by atoms with Crippen LogP contribution >= 0.6 is 0 Å². The van der Waals surface area contributed by atoms with Gasteiger partial charge < -0.3 is 83.4 Å². The first-order valence-electron chi connectivity index (χ1n) is 35.1. The third-order valence-electron chi connectivity index (χ3n) is 18.7. The second-order valence-electron chi connectivity index (χ2n) is 30.4. The lowest BCUT2D eigenvalue weighted by Crippen LogP contribution is -2.43. The van der Waals surface area contributed by atoms with E-state index in [4.69, 9.17) is 0 Å². The summed E-state index contributed by atoms with van der Waals surface area (Å²) in [5.74, 6) is -8.25. The van der Waals surface area contributed by atoms with Gasteiger partial charge in [-0.1, -0.05) is 111 Å². The zero-order valence-electron chi connectivity index (χ0n) is 61.2. The lowest BCUT2D eigenvalue weighted by atomic mass is 9.73. The number of aromatic hydroxyl groups is 8. The van der Waals surface area contributed by atoms with E-state index >= 15 is 0 Å². The van der Waals surface area contributed by atoms with Crippen molar-refractivity contribution in [3.8, 4) is 46.0 Å². The fourth-order valence-corrected chi connectivity index (χ4v) is 14.0. The third-order valence-corrected chi connectivity index (χ3v) is 18.7. The number of benzene rings is 4. The van der Waals surface area contributed by atoms with Gasteiger partial charge in [-0.3, -0.25) is 19.2 Å². The highest BCUT2D eigenvalue weighted by molar-refractivity contribution is 5.83. The summed E-state index contributed by atoms with van der Waals surface area (Å²) >= 11 is 0. The Morgan fingerprint density at radius 3 is 0.542 bits per heavy atom. The molecule has 16 N–H and O–H groups in total. The summed E-state index contributed by atoms with van der Waals surface area (Å²) in [5.41, 5.74) is 2.22. The van der Waals surface area contributed by atoms with Gasteiger partial charge in [0.25, 0.3) is 0 Å². The Hall–Kier alpha value is -7.00. The number of rotatable bonds is 32. The Morgan fingerprint density at radius 2 is 0.427 bits per heavy atom. The number of phenolic OH excluding ortho intramolecular Hbond substituents is 8. The first-order chi connectivity index (χ1) is 45.0. The van der Waals surface area contributed by atoms with Crippen molar-refractivity contribution in [1.29, 1.82) is 0 Å². The minimum absolute atomic E-state index is 0.0298. The van der Waals surface area contributed by atoms with Gasteiger partial charge >= 0.3 is 0 Å². The van der Waals surface area contributed by atoms with Crippen LogP contribution in [-0.2, 0) is 45.4 Å². The molecule has 4 aromatic carbocycles. The molecule has 20 heteroatoms. The molecule has 0 unspecified atom stereocenters. The average molecular weight is 1340 g/mol. The first-order valence-corrected chi connectivity index (χ1v) is 35.1. The van der Waals surface area contributed by atoms with Crippen LogP contribution < -0.4 is 42.5 Å². The van der Waals surface area contributed by atoms with Crippen molar-refractivity contribution >= 4 is 23.6 Å². The average Bonchev–Trinajstić information content (AvgIpc) is 0.749. The number of amides is 4. The fourth-order valence-electron chi connectivity index (χ4n) is 14.0. The summed E-state index contributed by atoms with van der Waals surface area (Å²) in [6, 6.07) is 3.76. The van der Waals surface area contributed by atoms with Crippen molar-refractivity contribution in [3.63, 3.8) is 0 Å². The zero-order chi connectivity index (χ0) is 72.1. The molecule has 4 atom stereocenters. The lowest BCUT2D eigenvalue weighted by molar-refractivity contribution is -0.123. The van der Waals surface area contributed by atoms with E-state index in [2.05, 4.69) is 42.5 Å². The number of hydrogen-bond donors (Lipinski definition) is 16. The van der Waals surface area contributed by atoms with E-state index in [-0.39, 0.29) is 236 Å². The number of hydrogen-bond acceptors (Lipinski definition) is 16. The van der Waals surface area contributed by atoms with Crippen LogP contribution in [0, 0.1) is 47.3 Å². The van der Waals surface area contributed by atoms with E-state index in [0.29, 0.717) is 25.7 Å². The van der Waals surface area contributed by atoms with Gasteiger partial charge in [0.1, 0.15) is 46.0 Å².